The second-order valence-electron chi connectivity index (χ2n) is 7.57. The summed E-state index contributed by atoms with van der Waals surface area (Å²) in [6, 6.07) is 6.49. The topological polar surface area (TPSA) is 58.5 Å². The van der Waals surface area contributed by atoms with Gasteiger partial charge in [0.2, 0.25) is 5.12 Å². The number of aryl methyl sites for hydroxylation is 1. The molecule has 1 saturated heterocycles. The summed E-state index contributed by atoms with van der Waals surface area (Å²) in [5.41, 5.74) is 1.44. The van der Waals surface area contributed by atoms with Crippen molar-refractivity contribution in [1.82, 2.24) is 5.32 Å². The van der Waals surface area contributed by atoms with Crippen LogP contribution in [-0.2, 0) is 9.54 Å². The summed E-state index contributed by atoms with van der Waals surface area (Å²) >= 11 is 19.5. The smallest absolute Gasteiger partial charge is 0.340 e. The predicted octanol–water partition coefficient (Wildman–Crippen LogP) is 6.63. The minimum absolute atomic E-state index is 0.0183. The molecule has 2 atom stereocenters. The fraction of sp³-hybridized carbons (Fsp3) is 0.286. The van der Waals surface area contributed by atoms with Crippen molar-refractivity contribution in [2.45, 2.75) is 30.3 Å². The second kappa shape index (κ2) is 9.00. The Morgan fingerprint density at radius 2 is 1.85 bits per heavy atom. The Morgan fingerprint density at radius 3 is 2.36 bits per heavy atom. The van der Waals surface area contributed by atoms with E-state index >= 15 is 0 Å². The van der Waals surface area contributed by atoms with Crippen molar-refractivity contribution in [2.24, 2.45) is 4.40 Å². The Bertz CT molecular complexity index is 1180. The number of hydrogen-bond acceptors (Lipinski definition) is 5. The Morgan fingerprint density at radius 1 is 1.18 bits per heavy atom. The molecule has 0 saturated carbocycles. The van der Waals surface area contributed by atoms with Crippen molar-refractivity contribution in [3.8, 4) is 0 Å². The Balaban J connectivity index is 1.61. The van der Waals surface area contributed by atoms with Gasteiger partial charge in [0.1, 0.15) is 6.04 Å². The second-order valence-corrected chi connectivity index (χ2v) is 10.8. The van der Waals surface area contributed by atoms with Gasteiger partial charge in [-0.2, -0.15) is 13.2 Å². The highest BCUT2D eigenvalue weighted by atomic mass is 35.5. The van der Waals surface area contributed by atoms with Gasteiger partial charge in [0.25, 0.3) is 5.91 Å². The van der Waals surface area contributed by atoms with E-state index in [-0.39, 0.29) is 31.5 Å². The molecule has 4 nitrogen and oxygen atoms in total. The molecule has 0 aliphatic carbocycles. The molecule has 2 aromatic carbocycles. The fourth-order valence-corrected chi connectivity index (χ4v) is 5.69. The number of alkyl halides is 3. The van der Waals surface area contributed by atoms with Crippen molar-refractivity contribution >= 4 is 75.2 Å². The third-order valence-corrected chi connectivity index (χ3v) is 8.92. The van der Waals surface area contributed by atoms with Gasteiger partial charge in [0.15, 0.2) is 4.75 Å². The first-order valence-corrected chi connectivity index (χ1v) is 12.4. The molecule has 2 aliphatic rings. The minimum atomic E-state index is -4.66. The van der Waals surface area contributed by atoms with E-state index in [1.807, 2.05) is 0 Å². The van der Waals surface area contributed by atoms with E-state index in [2.05, 4.69) is 9.71 Å². The van der Waals surface area contributed by atoms with E-state index in [1.165, 1.54) is 6.07 Å². The molecular weight excluding hydrogens is 540 g/mol. The zero-order valence-electron chi connectivity index (χ0n) is 16.7. The first-order valence-electron chi connectivity index (χ1n) is 9.48. The van der Waals surface area contributed by atoms with Crippen LogP contribution in [0.15, 0.2) is 34.7 Å². The zero-order chi connectivity index (χ0) is 24.1. The molecule has 0 spiro atoms. The maximum Gasteiger partial charge on any atom is 0.409 e. The summed E-state index contributed by atoms with van der Waals surface area (Å²) in [5.74, 6) is 0.115. The van der Waals surface area contributed by atoms with E-state index in [0.29, 0.717) is 34.4 Å². The molecule has 4 rings (SSSR count). The van der Waals surface area contributed by atoms with Crippen LogP contribution >= 0.6 is 58.5 Å². The Labute approximate surface area is 210 Å². The molecule has 12 heteroatoms. The zero-order valence-corrected chi connectivity index (χ0v) is 20.6. The van der Waals surface area contributed by atoms with Crippen molar-refractivity contribution < 1.29 is 22.8 Å². The molecule has 0 radical (unpaired) electrons. The fourth-order valence-electron chi connectivity index (χ4n) is 3.52. The van der Waals surface area contributed by atoms with Gasteiger partial charge in [0.05, 0.1) is 20.8 Å². The normalized spacial score (nSPS) is 22.7. The van der Waals surface area contributed by atoms with Gasteiger partial charge in [-0.05, 0) is 59.8 Å². The average molecular weight is 554 g/mol. The quantitative estimate of drug-likeness (QED) is 0.341. The SMILES string of the molecule is Cc1cc(C2=NSC(c3cc(Cl)c(Cl)c(Cl)c3)(C(F)(F)F)C2)ccc1C(=O)NC1CSC1=O. The van der Waals surface area contributed by atoms with Crippen LogP contribution in [-0.4, -0.2) is 34.7 Å². The third kappa shape index (κ3) is 4.50. The van der Waals surface area contributed by atoms with Crippen LogP contribution in [0.2, 0.25) is 15.1 Å². The van der Waals surface area contributed by atoms with Crippen molar-refractivity contribution in [3.05, 3.63) is 67.7 Å². The number of nitrogens with one attached hydrogen (secondary N) is 1. The summed E-state index contributed by atoms with van der Waals surface area (Å²) in [7, 11) is 0. The summed E-state index contributed by atoms with van der Waals surface area (Å²) in [6.45, 7) is 1.67. The van der Waals surface area contributed by atoms with Gasteiger partial charge in [-0.3, -0.25) is 9.59 Å². The van der Waals surface area contributed by atoms with Crippen LogP contribution in [0.4, 0.5) is 13.2 Å². The third-order valence-electron chi connectivity index (χ3n) is 5.42. The molecule has 2 aliphatic heterocycles. The highest BCUT2D eigenvalue weighted by molar-refractivity contribution is 8.16. The van der Waals surface area contributed by atoms with E-state index in [9.17, 15) is 22.8 Å². The van der Waals surface area contributed by atoms with Crippen LogP contribution in [0.25, 0.3) is 0 Å². The number of nitrogens with zero attached hydrogens (tertiary/aromatic N) is 1. The number of hydrogen-bond donors (Lipinski definition) is 1. The Hall–Kier alpha value is -1.39. The van der Waals surface area contributed by atoms with E-state index in [4.69, 9.17) is 34.8 Å². The standard InChI is InChI=1S/C21H14Cl3F3N2O2S2/c1-9-4-10(2-3-12(9)18(30)28-16-8-32-19(16)31)15-7-20(33-29-15,21(25,26)27)11-5-13(22)17(24)14(23)6-11/h2-6,16H,7-8H2,1H3,(H,28,30). The summed E-state index contributed by atoms with van der Waals surface area (Å²) < 4.78 is 44.6. The lowest BCUT2D eigenvalue weighted by Crippen LogP contribution is -2.47. The van der Waals surface area contributed by atoms with Gasteiger partial charge in [0, 0.05) is 17.7 Å². The first kappa shape index (κ1) is 24.7. The minimum Gasteiger partial charge on any atom is -0.340 e. The predicted molar refractivity (Wildman–Crippen MR) is 128 cm³/mol. The molecule has 174 valence electrons. The number of carbonyl (C=O) groups excluding carboxylic acids is 2. The van der Waals surface area contributed by atoms with E-state index in [1.54, 1.807) is 19.1 Å². The van der Waals surface area contributed by atoms with Crippen LogP contribution in [0.5, 0.6) is 0 Å². The van der Waals surface area contributed by atoms with Crippen LogP contribution in [0.1, 0.15) is 33.5 Å². The average Bonchev–Trinajstić information content (AvgIpc) is 3.21. The molecule has 1 fully saturated rings. The highest BCUT2D eigenvalue weighted by Crippen LogP contribution is 2.57. The largest absolute Gasteiger partial charge is 0.409 e. The lowest BCUT2D eigenvalue weighted by molar-refractivity contribution is -0.159. The molecule has 2 unspecified atom stereocenters. The van der Waals surface area contributed by atoms with Gasteiger partial charge in [-0.1, -0.05) is 52.6 Å². The molecule has 0 bridgehead atoms. The van der Waals surface area contributed by atoms with E-state index in [0.717, 1.165) is 23.9 Å². The van der Waals surface area contributed by atoms with Gasteiger partial charge in [-0.15, -0.1) is 0 Å². The van der Waals surface area contributed by atoms with Gasteiger partial charge < -0.3 is 5.32 Å². The summed E-state index contributed by atoms with van der Waals surface area (Å²) in [4.78, 5) is 23.9. The molecule has 2 aromatic rings. The lowest BCUT2D eigenvalue weighted by Gasteiger charge is -2.30. The number of halogens is 6. The number of amides is 1. The molecular formula is C21H14Cl3F3N2O2S2. The number of rotatable bonds is 4. The van der Waals surface area contributed by atoms with Crippen molar-refractivity contribution in [1.29, 1.82) is 0 Å². The van der Waals surface area contributed by atoms with Crippen molar-refractivity contribution in [2.75, 3.05) is 5.75 Å². The van der Waals surface area contributed by atoms with Crippen molar-refractivity contribution in [3.63, 3.8) is 0 Å². The summed E-state index contributed by atoms with van der Waals surface area (Å²) in [6.07, 6.45) is -5.11. The molecule has 1 amide bonds. The number of thioether (sulfide) groups is 1. The number of carbonyl (C=O) groups is 2. The van der Waals surface area contributed by atoms with Gasteiger partial charge >= 0.3 is 6.18 Å². The molecule has 1 N–H and O–H groups in total. The first-order chi connectivity index (χ1) is 15.4. The lowest BCUT2D eigenvalue weighted by atomic mass is 9.89. The highest BCUT2D eigenvalue weighted by Gasteiger charge is 2.60. The van der Waals surface area contributed by atoms with Crippen LogP contribution < -0.4 is 5.32 Å². The summed E-state index contributed by atoms with van der Waals surface area (Å²) in [5, 5.41) is 2.38. The van der Waals surface area contributed by atoms with Gasteiger partial charge in [-0.25, -0.2) is 4.40 Å². The van der Waals surface area contributed by atoms with E-state index < -0.39 is 29.3 Å². The maximum atomic E-state index is 14.3. The Kier molecular flexibility index (Phi) is 6.74. The molecule has 33 heavy (non-hydrogen) atoms. The monoisotopic (exact) mass is 552 g/mol. The number of benzene rings is 2. The van der Waals surface area contributed by atoms with Crippen LogP contribution in [0.3, 0.4) is 0 Å². The molecule has 2 heterocycles. The molecule has 0 aromatic heterocycles. The van der Waals surface area contributed by atoms with Crippen LogP contribution in [0, 0.1) is 6.92 Å². The maximum absolute atomic E-state index is 14.3.